The van der Waals surface area contributed by atoms with Crippen molar-refractivity contribution in [1.82, 2.24) is 0 Å². The van der Waals surface area contributed by atoms with Crippen molar-refractivity contribution in [3.8, 4) is 0 Å². The molecule has 0 atom stereocenters. The highest BCUT2D eigenvalue weighted by molar-refractivity contribution is 5.31. The van der Waals surface area contributed by atoms with Crippen molar-refractivity contribution in [2.24, 2.45) is 0 Å². The fraction of sp³-hybridized carbons (Fsp3) is 0.250. The Labute approximate surface area is 59.8 Å². The molecule has 0 fully saturated rings. The summed E-state index contributed by atoms with van der Waals surface area (Å²) in [4.78, 5) is 0. The van der Waals surface area contributed by atoms with Gasteiger partial charge in [-0.2, -0.15) is 0 Å². The number of hydrogen-bond acceptors (Lipinski definition) is 2. The molecule has 54 valence electrons. The van der Waals surface area contributed by atoms with Gasteiger partial charge in [-0.05, 0) is 25.5 Å². The first kappa shape index (κ1) is 6.93. The topological polar surface area (TPSA) is 40.5 Å². The van der Waals surface area contributed by atoms with E-state index in [1.54, 1.807) is 12.2 Å². The van der Waals surface area contributed by atoms with Gasteiger partial charge in [-0.3, -0.25) is 0 Å². The van der Waals surface area contributed by atoms with Crippen LogP contribution in [0.4, 0.5) is 0 Å². The zero-order chi connectivity index (χ0) is 7.56. The minimum Gasteiger partial charge on any atom is -0.504 e. The van der Waals surface area contributed by atoms with E-state index in [2.05, 4.69) is 0 Å². The molecule has 10 heavy (non-hydrogen) atoms. The van der Waals surface area contributed by atoms with Crippen LogP contribution < -0.4 is 0 Å². The lowest BCUT2D eigenvalue weighted by atomic mass is 10.2. The lowest BCUT2D eigenvalue weighted by Gasteiger charge is -1.94. The van der Waals surface area contributed by atoms with Crippen molar-refractivity contribution >= 4 is 0 Å². The summed E-state index contributed by atoms with van der Waals surface area (Å²) in [6.07, 6.45) is 5.72. The summed E-state index contributed by atoms with van der Waals surface area (Å²) in [5.41, 5.74) is 0.970. The average molecular weight is 138 g/mol. The van der Waals surface area contributed by atoms with Crippen LogP contribution >= 0.6 is 0 Å². The average Bonchev–Trinajstić information content (AvgIpc) is 1.96. The van der Waals surface area contributed by atoms with Crippen molar-refractivity contribution < 1.29 is 10.2 Å². The Morgan fingerprint density at radius 1 is 1.20 bits per heavy atom. The fourth-order valence-corrected chi connectivity index (χ4v) is 0.810. The number of aliphatic hydroxyl groups is 2. The molecule has 2 heteroatoms. The molecule has 0 aromatic rings. The first-order valence-corrected chi connectivity index (χ1v) is 3.17. The summed E-state index contributed by atoms with van der Waals surface area (Å²) in [7, 11) is 0. The van der Waals surface area contributed by atoms with Crippen molar-refractivity contribution in [2.75, 3.05) is 0 Å². The summed E-state index contributed by atoms with van der Waals surface area (Å²) < 4.78 is 0. The summed E-state index contributed by atoms with van der Waals surface area (Å²) in [6, 6.07) is 0. The molecule has 2 N–H and O–H groups in total. The molecule has 0 saturated carbocycles. The van der Waals surface area contributed by atoms with Gasteiger partial charge in [-0.25, -0.2) is 0 Å². The van der Waals surface area contributed by atoms with Gasteiger partial charge < -0.3 is 10.2 Å². The normalized spacial score (nSPS) is 18.7. The van der Waals surface area contributed by atoms with E-state index < -0.39 is 0 Å². The second-order valence-corrected chi connectivity index (χ2v) is 2.30. The highest BCUT2D eigenvalue weighted by atomic mass is 16.3. The smallest absolute Gasteiger partial charge is 0.157 e. The minimum atomic E-state index is -0.0498. The van der Waals surface area contributed by atoms with Gasteiger partial charge in [-0.15, -0.1) is 0 Å². The molecule has 0 saturated heterocycles. The lowest BCUT2D eigenvalue weighted by Crippen LogP contribution is -1.84. The standard InChI is InChI=1S/C8H10O2/c1-6-3-2-4-7(9)8(10)5-6/h3-5,9-10H,2H2,1H3. The van der Waals surface area contributed by atoms with E-state index in [-0.39, 0.29) is 11.5 Å². The van der Waals surface area contributed by atoms with Gasteiger partial charge in [0.05, 0.1) is 0 Å². The van der Waals surface area contributed by atoms with E-state index in [4.69, 9.17) is 10.2 Å². The first-order chi connectivity index (χ1) is 4.70. The number of aliphatic hydroxyl groups excluding tert-OH is 2. The van der Waals surface area contributed by atoms with Crippen LogP contribution in [0, 0.1) is 0 Å². The summed E-state index contributed by atoms with van der Waals surface area (Å²) >= 11 is 0. The molecular formula is C8H10O2. The molecule has 0 aromatic carbocycles. The molecule has 0 heterocycles. The number of allylic oxidation sites excluding steroid dienone is 4. The van der Waals surface area contributed by atoms with Crippen molar-refractivity contribution in [2.45, 2.75) is 13.3 Å². The SMILES string of the molecule is CC1=CCC=C(O)C(O)=C1. The van der Waals surface area contributed by atoms with Crippen molar-refractivity contribution in [3.05, 3.63) is 35.3 Å². The molecule has 2 nitrogen and oxygen atoms in total. The van der Waals surface area contributed by atoms with E-state index in [1.807, 2.05) is 13.0 Å². The molecule has 0 aliphatic heterocycles. The highest BCUT2D eigenvalue weighted by Gasteiger charge is 2.01. The second-order valence-electron chi connectivity index (χ2n) is 2.30. The molecule has 1 aliphatic carbocycles. The Hall–Kier alpha value is -1.18. The van der Waals surface area contributed by atoms with Gasteiger partial charge in [0.25, 0.3) is 0 Å². The molecule has 0 radical (unpaired) electrons. The highest BCUT2D eigenvalue weighted by Crippen LogP contribution is 2.12. The van der Waals surface area contributed by atoms with E-state index in [9.17, 15) is 0 Å². The number of rotatable bonds is 0. The van der Waals surface area contributed by atoms with E-state index in [0.717, 1.165) is 5.57 Å². The predicted octanol–water partition coefficient (Wildman–Crippen LogP) is 2.22. The third kappa shape index (κ3) is 1.41. The van der Waals surface area contributed by atoms with Gasteiger partial charge in [0.15, 0.2) is 11.5 Å². The monoisotopic (exact) mass is 138 g/mol. The zero-order valence-electron chi connectivity index (χ0n) is 5.83. The molecular weight excluding hydrogens is 128 g/mol. The number of hydrogen-bond donors (Lipinski definition) is 2. The van der Waals surface area contributed by atoms with E-state index in [1.165, 1.54) is 0 Å². The Kier molecular flexibility index (Phi) is 1.81. The van der Waals surface area contributed by atoms with Crippen LogP contribution in [0.15, 0.2) is 35.3 Å². The van der Waals surface area contributed by atoms with Crippen LogP contribution in [0.3, 0.4) is 0 Å². The minimum absolute atomic E-state index is 0.0342. The van der Waals surface area contributed by atoms with E-state index in [0.29, 0.717) is 6.42 Å². The van der Waals surface area contributed by atoms with Crippen molar-refractivity contribution in [3.63, 3.8) is 0 Å². The molecule has 1 rings (SSSR count). The van der Waals surface area contributed by atoms with Gasteiger partial charge in [0, 0.05) is 0 Å². The Balaban J connectivity index is 2.92. The molecule has 0 aromatic heterocycles. The molecule has 0 spiro atoms. The second kappa shape index (κ2) is 2.60. The van der Waals surface area contributed by atoms with Crippen LogP contribution in [0.2, 0.25) is 0 Å². The molecule has 0 amide bonds. The third-order valence-corrected chi connectivity index (χ3v) is 1.38. The summed E-state index contributed by atoms with van der Waals surface area (Å²) in [5.74, 6) is -0.0839. The molecule has 0 unspecified atom stereocenters. The Morgan fingerprint density at radius 3 is 2.60 bits per heavy atom. The Bertz CT molecular complexity index is 221. The molecule has 1 aliphatic rings. The quantitative estimate of drug-likeness (QED) is 0.538. The fourth-order valence-electron chi connectivity index (χ4n) is 0.810. The van der Waals surface area contributed by atoms with Gasteiger partial charge in [0.1, 0.15) is 0 Å². The van der Waals surface area contributed by atoms with Crippen LogP contribution in [0.1, 0.15) is 13.3 Å². The lowest BCUT2D eigenvalue weighted by molar-refractivity contribution is 0.326. The van der Waals surface area contributed by atoms with Crippen LogP contribution in [0.5, 0.6) is 0 Å². The third-order valence-electron chi connectivity index (χ3n) is 1.38. The summed E-state index contributed by atoms with van der Waals surface area (Å²) in [5, 5.41) is 18.0. The zero-order valence-corrected chi connectivity index (χ0v) is 5.83. The largest absolute Gasteiger partial charge is 0.504 e. The maximum atomic E-state index is 9.03. The van der Waals surface area contributed by atoms with Crippen LogP contribution in [-0.4, -0.2) is 10.2 Å². The van der Waals surface area contributed by atoms with Gasteiger partial charge in [0.2, 0.25) is 0 Å². The van der Waals surface area contributed by atoms with Gasteiger partial charge in [-0.1, -0.05) is 11.6 Å². The molecule has 0 bridgehead atoms. The maximum absolute atomic E-state index is 9.03. The van der Waals surface area contributed by atoms with E-state index >= 15 is 0 Å². The summed E-state index contributed by atoms with van der Waals surface area (Å²) in [6.45, 7) is 1.88. The maximum Gasteiger partial charge on any atom is 0.157 e. The Morgan fingerprint density at radius 2 is 1.90 bits per heavy atom. The van der Waals surface area contributed by atoms with Crippen molar-refractivity contribution in [1.29, 1.82) is 0 Å². The van der Waals surface area contributed by atoms with Gasteiger partial charge >= 0.3 is 0 Å². The first-order valence-electron chi connectivity index (χ1n) is 3.17. The van der Waals surface area contributed by atoms with Crippen LogP contribution in [-0.2, 0) is 0 Å². The predicted molar refractivity (Wildman–Crippen MR) is 39.8 cm³/mol. The van der Waals surface area contributed by atoms with Crippen LogP contribution in [0.25, 0.3) is 0 Å².